The van der Waals surface area contributed by atoms with Gasteiger partial charge in [0.05, 0.1) is 18.0 Å². The van der Waals surface area contributed by atoms with Crippen molar-refractivity contribution in [3.8, 4) is 5.75 Å². The molecule has 0 saturated carbocycles. The molecule has 0 spiro atoms. The molecule has 23 heavy (non-hydrogen) atoms. The number of carbonyl (C=O) groups is 3. The Labute approximate surface area is 132 Å². The molecule has 1 amide bonds. The lowest BCUT2D eigenvalue weighted by molar-refractivity contribution is -0.140. The third kappa shape index (κ3) is 4.12. The van der Waals surface area contributed by atoms with Crippen molar-refractivity contribution in [2.75, 3.05) is 29.9 Å². The Morgan fingerprint density at radius 3 is 2.78 bits per heavy atom. The van der Waals surface area contributed by atoms with Crippen LogP contribution in [0, 0.1) is 5.92 Å². The fraction of sp³-hybridized carbons (Fsp3) is 0.400. The van der Waals surface area contributed by atoms with Crippen LogP contribution >= 0.6 is 0 Å². The molecule has 1 aliphatic rings. The van der Waals surface area contributed by atoms with Gasteiger partial charge in [-0.25, -0.2) is 0 Å². The van der Waals surface area contributed by atoms with Gasteiger partial charge >= 0.3 is 11.9 Å². The number of hydrogen-bond donors (Lipinski definition) is 3. The minimum Gasteiger partial charge on any atom is -0.482 e. The van der Waals surface area contributed by atoms with Crippen LogP contribution in [-0.2, 0) is 14.4 Å². The Kier molecular flexibility index (Phi) is 5.05. The standard InChI is InChI=1S/C15H18N2O6/c1-9(15(21)22)7-16-10-2-3-12-11(6-10)17(5-4-14(19)20)13(18)8-23-12/h2-3,6,9,16H,4-5,7-8H2,1H3,(H,19,20)(H,21,22). The van der Waals surface area contributed by atoms with Gasteiger partial charge in [0.15, 0.2) is 6.61 Å². The largest absolute Gasteiger partial charge is 0.482 e. The van der Waals surface area contributed by atoms with E-state index >= 15 is 0 Å². The maximum Gasteiger partial charge on any atom is 0.308 e. The van der Waals surface area contributed by atoms with Gasteiger partial charge in [-0.15, -0.1) is 0 Å². The number of amides is 1. The van der Waals surface area contributed by atoms with Crippen molar-refractivity contribution in [2.24, 2.45) is 5.92 Å². The van der Waals surface area contributed by atoms with Crippen LogP contribution in [0.15, 0.2) is 18.2 Å². The lowest BCUT2D eigenvalue weighted by Gasteiger charge is -2.29. The lowest BCUT2D eigenvalue weighted by Crippen LogP contribution is -2.40. The second-order valence-electron chi connectivity index (χ2n) is 5.28. The van der Waals surface area contributed by atoms with Crippen LogP contribution in [0.25, 0.3) is 0 Å². The number of anilines is 2. The van der Waals surface area contributed by atoms with Gasteiger partial charge in [-0.1, -0.05) is 6.92 Å². The second kappa shape index (κ2) is 6.99. The molecule has 1 heterocycles. The molecule has 1 aromatic rings. The first-order valence-corrected chi connectivity index (χ1v) is 7.14. The van der Waals surface area contributed by atoms with Crippen LogP contribution in [0.2, 0.25) is 0 Å². The third-order valence-corrected chi connectivity index (χ3v) is 3.49. The molecule has 8 nitrogen and oxygen atoms in total. The van der Waals surface area contributed by atoms with E-state index in [4.69, 9.17) is 14.9 Å². The maximum atomic E-state index is 11.9. The lowest BCUT2D eigenvalue weighted by atomic mass is 10.1. The summed E-state index contributed by atoms with van der Waals surface area (Å²) in [7, 11) is 0. The molecule has 0 saturated heterocycles. The van der Waals surface area contributed by atoms with Crippen LogP contribution in [0.1, 0.15) is 13.3 Å². The quantitative estimate of drug-likeness (QED) is 0.686. The number of rotatable bonds is 7. The number of aliphatic carboxylic acids is 2. The van der Waals surface area contributed by atoms with Crippen LogP contribution < -0.4 is 15.0 Å². The molecule has 1 atom stereocenters. The Morgan fingerprint density at radius 2 is 2.13 bits per heavy atom. The maximum absolute atomic E-state index is 11.9. The van der Waals surface area contributed by atoms with E-state index in [9.17, 15) is 14.4 Å². The van der Waals surface area contributed by atoms with Crippen molar-refractivity contribution in [3.63, 3.8) is 0 Å². The SMILES string of the molecule is CC(CNc1ccc2c(c1)N(CCC(=O)O)C(=O)CO2)C(=O)O. The molecule has 1 unspecified atom stereocenters. The highest BCUT2D eigenvalue weighted by Crippen LogP contribution is 2.34. The van der Waals surface area contributed by atoms with Gasteiger partial charge in [-0.2, -0.15) is 0 Å². The Morgan fingerprint density at radius 1 is 1.39 bits per heavy atom. The van der Waals surface area contributed by atoms with E-state index in [0.717, 1.165) is 0 Å². The van der Waals surface area contributed by atoms with Crippen molar-refractivity contribution in [1.29, 1.82) is 0 Å². The zero-order chi connectivity index (χ0) is 17.0. The van der Waals surface area contributed by atoms with E-state index in [-0.39, 0.29) is 32.0 Å². The Hall–Kier alpha value is -2.77. The van der Waals surface area contributed by atoms with E-state index in [1.165, 1.54) is 4.90 Å². The monoisotopic (exact) mass is 322 g/mol. The number of benzene rings is 1. The highest BCUT2D eigenvalue weighted by molar-refractivity contribution is 5.98. The summed E-state index contributed by atoms with van der Waals surface area (Å²) in [5, 5.41) is 20.7. The van der Waals surface area contributed by atoms with Crippen LogP contribution in [-0.4, -0.2) is 47.8 Å². The van der Waals surface area contributed by atoms with Crippen molar-refractivity contribution < 1.29 is 29.3 Å². The Bertz CT molecular complexity index is 630. The molecule has 0 aromatic heterocycles. The zero-order valence-corrected chi connectivity index (χ0v) is 12.6. The molecule has 8 heteroatoms. The summed E-state index contributed by atoms with van der Waals surface area (Å²) >= 11 is 0. The molecule has 0 aliphatic carbocycles. The summed E-state index contributed by atoms with van der Waals surface area (Å²) in [5.41, 5.74) is 1.12. The molecule has 3 N–H and O–H groups in total. The third-order valence-electron chi connectivity index (χ3n) is 3.49. The van der Waals surface area contributed by atoms with Gasteiger partial charge in [-0.05, 0) is 18.2 Å². The number of nitrogens with one attached hydrogen (secondary N) is 1. The molecule has 0 radical (unpaired) electrons. The van der Waals surface area contributed by atoms with Crippen molar-refractivity contribution in [3.05, 3.63) is 18.2 Å². The minimum atomic E-state index is -0.990. The first-order valence-electron chi connectivity index (χ1n) is 7.14. The van der Waals surface area contributed by atoms with Gasteiger partial charge in [0, 0.05) is 18.8 Å². The molecule has 1 aromatic carbocycles. The number of carboxylic acids is 2. The van der Waals surface area contributed by atoms with Gasteiger partial charge < -0.3 is 25.2 Å². The predicted octanol–water partition coefficient (Wildman–Crippen LogP) is 1.02. The van der Waals surface area contributed by atoms with Gasteiger partial charge in [0.25, 0.3) is 5.91 Å². The van der Waals surface area contributed by atoms with Gasteiger partial charge in [0.2, 0.25) is 0 Å². The number of carbonyl (C=O) groups excluding carboxylic acids is 1. The topological polar surface area (TPSA) is 116 Å². The summed E-state index contributed by atoms with van der Waals surface area (Å²) in [5.74, 6) is -2.28. The van der Waals surface area contributed by atoms with Gasteiger partial charge in [-0.3, -0.25) is 14.4 Å². The average Bonchev–Trinajstić information content (AvgIpc) is 2.51. The van der Waals surface area contributed by atoms with Gasteiger partial charge in [0.1, 0.15) is 5.75 Å². The Balaban J connectivity index is 2.16. The van der Waals surface area contributed by atoms with Crippen molar-refractivity contribution >= 4 is 29.2 Å². The molecular formula is C15H18N2O6. The first kappa shape index (κ1) is 16.6. The summed E-state index contributed by atoms with van der Waals surface area (Å²) in [4.78, 5) is 34.9. The highest BCUT2D eigenvalue weighted by Gasteiger charge is 2.26. The van der Waals surface area contributed by atoms with E-state index in [1.54, 1.807) is 25.1 Å². The molecule has 0 fully saturated rings. The predicted molar refractivity (Wildman–Crippen MR) is 81.8 cm³/mol. The molecule has 0 bridgehead atoms. The minimum absolute atomic E-state index is 0.0551. The number of ether oxygens (including phenoxy) is 1. The molecule has 1 aliphatic heterocycles. The number of carboxylic acid groups (broad SMARTS) is 2. The zero-order valence-electron chi connectivity index (χ0n) is 12.6. The molecule has 124 valence electrons. The first-order chi connectivity index (χ1) is 10.9. The fourth-order valence-corrected chi connectivity index (χ4v) is 2.12. The molecular weight excluding hydrogens is 304 g/mol. The smallest absolute Gasteiger partial charge is 0.308 e. The molecule has 2 rings (SSSR count). The van der Waals surface area contributed by atoms with E-state index < -0.39 is 17.9 Å². The second-order valence-corrected chi connectivity index (χ2v) is 5.28. The van der Waals surface area contributed by atoms with Crippen LogP contribution in [0.4, 0.5) is 11.4 Å². The number of fused-ring (bicyclic) bond motifs is 1. The summed E-state index contributed by atoms with van der Waals surface area (Å²) in [6.07, 6.45) is -0.168. The van der Waals surface area contributed by atoms with E-state index in [2.05, 4.69) is 5.32 Å². The van der Waals surface area contributed by atoms with Crippen molar-refractivity contribution in [2.45, 2.75) is 13.3 Å². The van der Waals surface area contributed by atoms with E-state index in [0.29, 0.717) is 17.1 Å². The van der Waals surface area contributed by atoms with Crippen LogP contribution in [0.3, 0.4) is 0 Å². The highest BCUT2D eigenvalue weighted by atomic mass is 16.5. The fourth-order valence-electron chi connectivity index (χ4n) is 2.12. The number of hydrogen-bond acceptors (Lipinski definition) is 5. The summed E-state index contributed by atoms with van der Waals surface area (Å²) in [6.45, 7) is 1.74. The summed E-state index contributed by atoms with van der Waals surface area (Å²) in [6, 6.07) is 5.05. The normalized spacial score (nSPS) is 14.7. The average molecular weight is 322 g/mol. The number of nitrogens with zero attached hydrogens (tertiary/aromatic N) is 1. The van der Waals surface area contributed by atoms with Crippen molar-refractivity contribution in [1.82, 2.24) is 0 Å². The van der Waals surface area contributed by atoms with Crippen LogP contribution in [0.5, 0.6) is 5.75 Å². The van der Waals surface area contributed by atoms with E-state index in [1.807, 2.05) is 0 Å². The summed E-state index contributed by atoms with van der Waals surface area (Å²) < 4.78 is 5.33.